The number of carbonyl (C=O) groups excluding carboxylic acids is 1. The average molecular weight is 401 g/mol. The molecule has 0 aliphatic carbocycles. The molecule has 0 atom stereocenters. The highest BCUT2D eigenvalue weighted by atomic mass is 35.5. The van der Waals surface area contributed by atoms with E-state index in [2.05, 4.69) is 14.7 Å². The molecular formula is C17H12ClF3N2O4. The molecule has 2 N–H and O–H groups in total. The van der Waals surface area contributed by atoms with Crippen molar-refractivity contribution in [2.24, 2.45) is 0 Å². The molecule has 2 heterocycles. The summed E-state index contributed by atoms with van der Waals surface area (Å²) in [6.45, 7) is 1.58. The number of rotatable bonds is 4. The number of ether oxygens (including phenoxy) is 2. The summed E-state index contributed by atoms with van der Waals surface area (Å²) in [7, 11) is 0. The molecular weight excluding hydrogens is 389 g/mol. The van der Waals surface area contributed by atoms with Crippen LogP contribution in [0.2, 0.25) is 5.02 Å². The van der Waals surface area contributed by atoms with Gasteiger partial charge < -0.3 is 19.4 Å². The van der Waals surface area contributed by atoms with Gasteiger partial charge in [0.05, 0.1) is 33.9 Å². The Morgan fingerprint density at radius 3 is 2.63 bits per heavy atom. The summed E-state index contributed by atoms with van der Waals surface area (Å²) in [6, 6.07) is 5.23. The highest BCUT2D eigenvalue weighted by Crippen LogP contribution is 2.33. The van der Waals surface area contributed by atoms with Gasteiger partial charge in [0.15, 0.2) is 0 Å². The third kappa shape index (κ3) is 3.77. The van der Waals surface area contributed by atoms with Gasteiger partial charge in [-0.3, -0.25) is 4.79 Å². The Hall–Kier alpha value is -2.94. The van der Waals surface area contributed by atoms with E-state index < -0.39 is 23.5 Å². The van der Waals surface area contributed by atoms with E-state index in [0.717, 1.165) is 12.1 Å². The molecule has 27 heavy (non-hydrogen) atoms. The van der Waals surface area contributed by atoms with Gasteiger partial charge in [-0.25, -0.2) is 4.79 Å². The predicted octanol–water partition coefficient (Wildman–Crippen LogP) is 4.25. The number of fused-ring (bicyclic) bond motifs is 1. The van der Waals surface area contributed by atoms with Crippen molar-refractivity contribution in [3.05, 3.63) is 51.3 Å². The summed E-state index contributed by atoms with van der Waals surface area (Å²) >= 11 is 5.84. The van der Waals surface area contributed by atoms with E-state index >= 15 is 0 Å². The van der Waals surface area contributed by atoms with Crippen LogP contribution in [0.1, 0.15) is 17.3 Å². The van der Waals surface area contributed by atoms with Crippen molar-refractivity contribution in [1.29, 1.82) is 0 Å². The molecule has 142 valence electrons. The van der Waals surface area contributed by atoms with Crippen LogP contribution in [0.4, 0.5) is 13.2 Å². The Kier molecular flexibility index (Phi) is 4.88. The molecule has 0 aliphatic rings. The lowest BCUT2D eigenvalue weighted by atomic mass is 10.1. The molecule has 0 fully saturated rings. The molecule has 1 aromatic carbocycles. The van der Waals surface area contributed by atoms with E-state index in [0.29, 0.717) is 5.69 Å². The number of pyridine rings is 1. The van der Waals surface area contributed by atoms with Crippen LogP contribution in [0, 0.1) is 0 Å². The number of aromatic amines is 2. The number of aromatic nitrogens is 2. The lowest BCUT2D eigenvalue weighted by molar-refractivity contribution is -0.274. The third-order valence-electron chi connectivity index (χ3n) is 3.63. The number of hydrogen-bond donors (Lipinski definition) is 2. The molecule has 0 saturated heterocycles. The van der Waals surface area contributed by atoms with Crippen LogP contribution in [0.3, 0.4) is 0 Å². The first-order valence-corrected chi connectivity index (χ1v) is 8.05. The second-order valence-corrected chi connectivity index (χ2v) is 5.79. The maximum Gasteiger partial charge on any atom is 0.573 e. The van der Waals surface area contributed by atoms with Gasteiger partial charge in [0.25, 0.3) is 0 Å². The minimum Gasteiger partial charge on any atom is -0.462 e. The summed E-state index contributed by atoms with van der Waals surface area (Å²) in [5.74, 6) is -1.65. The van der Waals surface area contributed by atoms with Gasteiger partial charge in [-0.2, -0.15) is 0 Å². The Morgan fingerprint density at radius 1 is 1.30 bits per heavy atom. The SMILES string of the molecule is CCOC(=O)c1c(-c2ccc[nH]2)[nH]c2cc(Cl)c(OC(F)(F)F)cc2c1=O. The van der Waals surface area contributed by atoms with E-state index in [9.17, 15) is 22.8 Å². The summed E-state index contributed by atoms with van der Waals surface area (Å²) in [4.78, 5) is 30.9. The van der Waals surface area contributed by atoms with Gasteiger partial charge in [-0.15, -0.1) is 13.2 Å². The lowest BCUT2D eigenvalue weighted by Gasteiger charge is -2.13. The second kappa shape index (κ2) is 6.99. The van der Waals surface area contributed by atoms with E-state index in [1.165, 1.54) is 0 Å². The normalized spacial score (nSPS) is 11.6. The van der Waals surface area contributed by atoms with Crippen LogP contribution in [0.25, 0.3) is 22.3 Å². The first-order valence-electron chi connectivity index (χ1n) is 7.67. The van der Waals surface area contributed by atoms with Crippen LogP contribution in [0.15, 0.2) is 35.3 Å². The van der Waals surface area contributed by atoms with Crippen LogP contribution in [-0.2, 0) is 4.74 Å². The second-order valence-electron chi connectivity index (χ2n) is 5.38. The summed E-state index contributed by atoms with van der Waals surface area (Å²) in [5.41, 5.74) is -0.458. The van der Waals surface area contributed by atoms with Crippen molar-refractivity contribution in [2.45, 2.75) is 13.3 Å². The number of alkyl halides is 3. The van der Waals surface area contributed by atoms with Gasteiger partial charge >= 0.3 is 12.3 Å². The fraction of sp³-hybridized carbons (Fsp3) is 0.176. The van der Waals surface area contributed by atoms with Crippen molar-refractivity contribution < 1.29 is 27.4 Å². The Bertz CT molecular complexity index is 1060. The highest BCUT2D eigenvalue weighted by Gasteiger charge is 2.32. The highest BCUT2D eigenvalue weighted by molar-refractivity contribution is 6.32. The monoisotopic (exact) mass is 400 g/mol. The Morgan fingerprint density at radius 2 is 2.04 bits per heavy atom. The van der Waals surface area contributed by atoms with Crippen LogP contribution in [-0.4, -0.2) is 28.9 Å². The fourth-order valence-electron chi connectivity index (χ4n) is 2.58. The topological polar surface area (TPSA) is 84.2 Å². The molecule has 3 aromatic rings. The maximum atomic E-state index is 12.9. The standard InChI is InChI=1S/C17H12ClF3N2O4/c1-2-26-16(25)13-14(10-4-3-5-22-10)23-11-7-9(18)12(27-17(19,20)21)6-8(11)15(13)24/h3-7,22H,2H2,1H3,(H,23,24). The van der Waals surface area contributed by atoms with Gasteiger partial charge in [-0.1, -0.05) is 11.6 Å². The summed E-state index contributed by atoms with van der Waals surface area (Å²) < 4.78 is 46.4. The van der Waals surface area contributed by atoms with Crippen molar-refractivity contribution in [3.8, 4) is 17.1 Å². The van der Waals surface area contributed by atoms with E-state index in [4.69, 9.17) is 16.3 Å². The van der Waals surface area contributed by atoms with Gasteiger partial charge in [0, 0.05) is 6.20 Å². The minimum atomic E-state index is -4.99. The molecule has 0 amide bonds. The van der Waals surface area contributed by atoms with Crippen molar-refractivity contribution in [1.82, 2.24) is 9.97 Å². The van der Waals surface area contributed by atoms with Crippen molar-refractivity contribution in [3.63, 3.8) is 0 Å². The molecule has 0 radical (unpaired) electrons. The van der Waals surface area contributed by atoms with Crippen molar-refractivity contribution >= 4 is 28.5 Å². The molecule has 0 unspecified atom stereocenters. The predicted molar refractivity (Wildman–Crippen MR) is 92.0 cm³/mol. The number of halogens is 4. The van der Waals surface area contributed by atoms with Gasteiger partial charge in [0.1, 0.15) is 11.3 Å². The van der Waals surface area contributed by atoms with Crippen LogP contribution in [0.5, 0.6) is 5.75 Å². The van der Waals surface area contributed by atoms with Crippen LogP contribution >= 0.6 is 11.6 Å². The van der Waals surface area contributed by atoms with Crippen molar-refractivity contribution in [2.75, 3.05) is 6.61 Å². The quantitative estimate of drug-likeness (QED) is 0.641. The number of H-pyrrole nitrogens is 2. The zero-order chi connectivity index (χ0) is 19.8. The smallest absolute Gasteiger partial charge is 0.462 e. The van der Waals surface area contributed by atoms with E-state index in [1.807, 2.05) is 0 Å². The Balaban J connectivity index is 2.30. The maximum absolute atomic E-state index is 12.9. The number of carbonyl (C=O) groups is 1. The first kappa shape index (κ1) is 18.8. The zero-order valence-electron chi connectivity index (χ0n) is 13.7. The third-order valence-corrected chi connectivity index (χ3v) is 3.92. The first-order chi connectivity index (χ1) is 12.7. The molecule has 0 bridgehead atoms. The molecule has 0 spiro atoms. The number of benzene rings is 1. The van der Waals surface area contributed by atoms with Gasteiger partial charge in [0.2, 0.25) is 5.43 Å². The van der Waals surface area contributed by atoms with E-state index in [1.54, 1.807) is 25.3 Å². The molecule has 2 aromatic heterocycles. The average Bonchev–Trinajstić information content (AvgIpc) is 3.09. The summed E-state index contributed by atoms with van der Waals surface area (Å²) in [6.07, 6.45) is -3.40. The molecule has 3 rings (SSSR count). The molecule has 0 aliphatic heterocycles. The summed E-state index contributed by atoms with van der Waals surface area (Å²) in [5, 5.41) is -0.547. The lowest BCUT2D eigenvalue weighted by Crippen LogP contribution is -2.21. The number of nitrogens with one attached hydrogen (secondary N) is 2. The van der Waals surface area contributed by atoms with Gasteiger partial charge in [-0.05, 0) is 31.2 Å². The zero-order valence-corrected chi connectivity index (χ0v) is 14.5. The fourth-order valence-corrected chi connectivity index (χ4v) is 2.78. The molecule has 6 nitrogen and oxygen atoms in total. The van der Waals surface area contributed by atoms with Crippen LogP contribution < -0.4 is 10.2 Å². The minimum absolute atomic E-state index is 0.0174. The van der Waals surface area contributed by atoms with E-state index in [-0.39, 0.29) is 33.8 Å². The largest absolute Gasteiger partial charge is 0.573 e. The number of hydrogen-bond acceptors (Lipinski definition) is 4. The molecule has 10 heteroatoms. The molecule has 0 saturated carbocycles. The number of esters is 1. The Labute approximate surface area is 154 Å².